The lowest BCUT2D eigenvalue weighted by Crippen LogP contribution is -2.18. The number of rotatable bonds is 6. The number of carbonyl (C=O) groups is 1. The van der Waals surface area contributed by atoms with Crippen LogP contribution in [0.3, 0.4) is 0 Å². The number of nitrogens with one attached hydrogen (secondary N) is 1. The summed E-state index contributed by atoms with van der Waals surface area (Å²) in [6, 6.07) is 6.12. The number of hydrogen-bond acceptors (Lipinski definition) is 5. The van der Waals surface area contributed by atoms with Crippen molar-refractivity contribution in [2.75, 3.05) is 5.32 Å². The van der Waals surface area contributed by atoms with Crippen LogP contribution in [0.4, 0.5) is 5.69 Å². The van der Waals surface area contributed by atoms with Crippen molar-refractivity contribution in [2.24, 2.45) is 5.92 Å². The lowest BCUT2D eigenvalue weighted by Gasteiger charge is -2.24. The normalized spacial score (nSPS) is 15.4. The predicted molar refractivity (Wildman–Crippen MR) is 103 cm³/mol. The van der Waals surface area contributed by atoms with Crippen molar-refractivity contribution in [3.8, 4) is 0 Å². The van der Waals surface area contributed by atoms with Crippen molar-refractivity contribution in [2.45, 2.75) is 63.2 Å². The summed E-state index contributed by atoms with van der Waals surface area (Å²) in [6.07, 6.45) is 6.34. The Balaban J connectivity index is 1.66. The molecular weight excluding hydrogens is 364 g/mol. The van der Waals surface area contributed by atoms with Gasteiger partial charge in [0.2, 0.25) is 5.91 Å². The van der Waals surface area contributed by atoms with E-state index in [4.69, 9.17) is 0 Å². The number of carbonyl (C=O) groups excluding carboxylic acids is 1. The Bertz CT molecular complexity index is 907. The first-order valence-electron chi connectivity index (χ1n) is 9.24. The second-order valence-electron chi connectivity index (χ2n) is 8.10. The molecule has 1 aliphatic rings. The number of nitrogens with zero attached hydrogens (tertiary/aromatic N) is 3. The molecule has 1 aliphatic carbocycles. The average molecular weight is 391 g/mol. The minimum atomic E-state index is -3.81. The molecule has 1 aromatic carbocycles. The zero-order chi connectivity index (χ0) is 19.7. The van der Waals surface area contributed by atoms with Crippen LogP contribution in [0.5, 0.6) is 0 Å². The van der Waals surface area contributed by atoms with Crippen LogP contribution in [0, 0.1) is 5.92 Å². The fourth-order valence-electron chi connectivity index (χ4n) is 2.87. The molecule has 2 aromatic rings. The van der Waals surface area contributed by atoms with Crippen LogP contribution < -0.4 is 5.32 Å². The topological polar surface area (TPSA) is 94.0 Å². The lowest BCUT2D eigenvalue weighted by atomic mass is 9.82. The maximum atomic E-state index is 12.7. The van der Waals surface area contributed by atoms with E-state index in [9.17, 15) is 13.2 Å². The van der Waals surface area contributed by atoms with Crippen LogP contribution in [0.25, 0.3) is 0 Å². The van der Waals surface area contributed by atoms with Crippen LogP contribution in [-0.4, -0.2) is 28.5 Å². The third-order valence-corrected chi connectivity index (χ3v) is 6.37. The van der Waals surface area contributed by atoms with Gasteiger partial charge in [0, 0.05) is 17.5 Å². The number of aromatic nitrogens is 3. The Labute approximate surface area is 160 Å². The van der Waals surface area contributed by atoms with Crippen LogP contribution >= 0.6 is 0 Å². The average Bonchev–Trinajstić information content (AvgIpc) is 3.05. The standard InChI is InChI=1S/C19H26N4O3S/c1-19(2,3)18-20-13-23(22-18)27(25,26)16-10-8-15(9-11-16)21-17(24)12-7-14-5-4-6-14/h8-11,13-14H,4-7,12H2,1-3H3,(H,21,24). The van der Waals surface area contributed by atoms with Crippen molar-refractivity contribution in [3.63, 3.8) is 0 Å². The van der Waals surface area contributed by atoms with E-state index < -0.39 is 10.0 Å². The molecule has 0 atom stereocenters. The number of amides is 1. The van der Waals surface area contributed by atoms with E-state index in [-0.39, 0.29) is 16.2 Å². The zero-order valence-corrected chi connectivity index (χ0v) is 16.8. The molecule has 7 nitrogen and oxygen atoms in total. The summed E-state index contributed by atoms with van der Waals surface area (Å²) in [5, 5.41) is 6.92. The van der Waals surface area contributed by atoms with Gasteiger partial charge in [0.05, 0.1) is 4.90 Å². The summed E-state index contributed by atoms with van der Waals surface area (Å²) < 4.78 is 26.3. The van der Waals surface area contributed by atoms with Gasteiger partial charge >= 0.3 is 0 Å². The van der Waals surface area contributed by atoms with Crippen molar-refractivity contribution in [1.29, 1.82) is 0 Å². The lowest BCUT2D eigenvalue weighted by molar-refractivity contribution is -0.116. The first kappa shape index (κ1) is 19.5. The predicted octanol–water partition coefficient (Wildman–Crippen LogP) is 3.33. The van der Waals surface area contributed by atoms with E-state index >= 15 is 0 Å². The molecule has 0 aliphatic heterocycles. The molecule has 27 heavy (non-hydrogen) atoms. The van der Waals surface area contributed by atoms with Gasteiger partial charge in [-0.25, -0.2) is 4.98 Å². The maximum Gasteiger partial charge on any atom is 0.284 e. The number of hydrogen-bond donors (Lipinski definition) is 1. The largest absolute Gasteiger partial charge is 0.326 e. The molecule has 1 aromatic heterocycles. The first-order valence-corrected chi connectivity index (χ1v) is 10.7. The molecule has 1 heterocycles. The fourth-order valence-corrected chi connectivity index (χ4v) is 3.92. The summed E-state index contributed by atoms with van der Waals surface area (Å²) >= 11 is 0. The summed E-state index contributed by atoms with van der Waals surface area (Å²) in [5.74, 6) is 1.11. The molecule has 1 N–H and O–H groups in total. The second kappa shape index (κ2) is 7.42. The molecule has 0 radical (unpaired) electrons. The maximum absolute atomic E-state index is 12.7. The highest BCUT2D eigenvalue weighted by atomic mass is 32.2. The molecule has 3 rings (SSSR count). The van der Waals surface area contributed by atoms with Gasteiger partial charge in [0.15, 0.2) is 5.82 Å². The third-order valence-electron chi connectivity index (χ3n) is 4.83. The van der Waals surface area contributed by atoms with Gasteiger partial charge in [-0.3, -0.25) is 4.79 Å². The van der Waals surface area contributed by atoms with Gasteiger partial charge in [-0.2, -0.15) is 8.42 Å². The Hall–Kier alpha value is -2.22. The third kappa shape index (κ3) is 4.55. The molecule has 1 fully saturated rings. The Kier molecular flexibility index (Phi) is 5.37. The molecule has 8 heteroatoms. The summed E-state index contributed by atoms with van der Waals surface area (Å²) in [6.45, 7) is 5.76. The Morgan fingerprint density at radius 3 is 2.41 bits per heavy atom. The minimum Gasteiger partial charge on any atom is -0.326 e. The zero-order valence-electron chi connectivity index (χ0n) is 16.0. The number of benzene rings is 1. The molecule has 0 bridgehead atoms. The van der Waals surface area contributed by atoms with Crippen molar-refractivity contribution < 1.29 is 13.2 Å². The fraction of sp³-hybridized carbons (Fsp3) is 0.526. The van der Waals surface area contributed by atoms with Gasteiger partial charge in [-0.05, 0) is 36.6 Å². The smallest absolute Gasteiger partial charge is 0.284 e. The van der Waals surface area contributed by atoms with E-state index in [0.29, 0.717) is 23.9 Å². The van der Waals surface area contributed by atoms with E-state index in [1.165, 1.54) is 37.7 Å². The van der Waals surface area contributed by atoms with Gasteiger partial charge in [-0.1, -0.05) is 40.0 Å². The molecule has 0 spiro atoms. The molecular formula is C19H26N4O3S. The van der Waals surface area contributed by atoms with E-state index in [2.05, 4.69) is 15.4 Å². The van der Waals surface area contributed by atoms with Crippen LogP contribution in [0.1, 0.15) is 58.7 Å². The quantitative estimate of drug-likeness (QED) is 0.816. The van der Waals surface area contributed by atoms with Crippen LogP contribution in [-0.2, 0) is 20.2 Å². The van der Waals surface area contributed by atoms with Gasteiger partial charge < -0.3 is 5.32 Å². The first-order chi connectivity index (χ1) is 12.7. The van der Waals surface area contributed by atoms with Crippen LogP contribution in [0.2, 0.25) is 0 Å². The molecule has 1 saturated carbocycles. The molecule has 0 unspecified atom stereocenters. The molecule has 0 saturated heterocycles. The number of anilines is 1. The summed E-state index contributed by atoms with van der Waals surface area (Å²) in [4.78, 5) is 16.2. The van der Waals surface area contributed by atoms with Gasteiger partial charge in [0.25, 0.3) is 10.0 Å². The van der Waals surface area contributed by atoms with Crippen molar-refractivity contribution in [3.05, 3.63) is 36.4 Å². The Morgan fingerprint density at radius 2 is 1.89 bits per heavy atom. The van der Waals surface area contributed by atoms with E-state index in [1.54, 1.807) is 12.1 Å². The highest BCUT2D eigenvalue weighted by Gasteiger charge is 2.24. The van der Waals surface area contributed by atoms with Crippen molar-refractivity contribution >= 4 is 21.6 Å². The summed E-state index contributed by atoms with van der Waals surface area (Å²) in [5.41, 5.74) is 0.246. The van der Waals surface area contributed by atoms with Gasteiger partial charge in [0.1, 0.15) is 6.33 Å². The SMILES string of the molecule is CC(C)(C)c1ncn(S(=O)(=O)c2ccc(NC(=O)CCC3CCC3)cc2)n1. The monoisotopic (exact) mass is 390 g/mol. The highest BCUT2D eigenvalue weighted by Crippen LogP contribution is 2.30. The second-order valence-corrected chi connectivity index (χ2v) is 9.90. The minimum absolute atomic E-state index is 0.0383. The highest BCUT2D eigenvalue weighted by molar-refractivity contribution is 7.89. The van der Waals surface area contributed by atoms with E-state index in [1.807, 2.05) is 20.8 Å². The van der Waals surface area contributed by atoms with Gasteiger partial charge in [-0.15, -0.1) is 9.19 Å². The van der Waals surface area contributed by atoms with Crippen LogP contribution in [0.15, 0.2) is 35.5 Å². The molecule has 1 amide bonds. The van der Waals surface area contributed by atoms with E-state index in [0.717, 1.165) is 10.5 Å². The summed E-state index contributed by atoms with van der Waals surface area (Å²) in [7, 11) is -3.81. The Morgan fingerprint density at radius 1 is 1.22 bits per heavy atom. The van der Waals surface area contributed by atoms with Crippen molar-refractivity contribution in [1.82, 2.24) is 14.2 Å². The molecule has 146 valence electrons.